The van der Waals surface area contributed by atoms with Crippen molar-refractivity contribution in [1.29, 1.82) is 0 Å². The van der Waals surface area contributed by atoms with Gasteiger partial charge in [-0.3, -0.25) is 4.79 Å². The van der Waals surface area contributed by atoms with Crippen molar-refractivity contribution in [3.63, 3.8) is 0 Å². The van der Waals surface area contributed by atoms with Crippen LogP contribution in [0.3, 0.4) is 0 Å². The Morgan fingerprint density at radius 2 is 1.74 bits per heavy atom. The molecule has 0 unspecified atom stereocenters. The molecular weight excluding hydrogens is 431 g/mol. The minimum atomic E-state index is -0.399. The molecule has 6 nitrogen and oxygen atoms in total. The normalized spacial score (nSPS) is 11.0. The van der Waals surface area contributed by atoms with Gasteiger partial charge < -0.3 is 10.1 Å². The Bertz CT molecular complexity index is 1260. The van der Waals surface area contributed by atoms with E-state index in [0.29, 0.717) is 40.9 Å². The third-order valence-electron chi connectivity index (χ3n) is 5.24. The number of hydrogen-bond acceptors (Lipinski definition) is 4. The number of hydrogen-bond donors (Lipinski definition) is 1. The van der Waals surface area contributed by atoms with Crippen molar-refractivity contribution in [3.05, 3.63) is 89.7 Å². The number of benzene rings is 3. The van der Waals surface area contributed by atoms with E-state index in [1.807, 2.05) is 38.1 Å². The summed E-state index contributed by atoms with van der Waals surface area (Å²) >= 11 is 0. The largest absolute Gasteiger partial charge is 0.462 e. The minimum absolute atomic E-state index is 0.180. The van der Waals surface area contributed by atoms with E-state index >= 15 is 0 Å². The van der Waals surface area contributed by atoms with Crippen molar-refractivity contribution >= 4 is 11.6 Å². The SMILES string of the molecule is CCc1ccc(C(=O)Nc2ccc(-n3nc(OCC(C)C)nc3-c3ccccc3F)cc2)cc1. The average molecular weight is 459 g/mol. The molecule has 0 aliphatic heterocycles. The van der Waals surface area contributed by atoms with Crippen molar-refractivity contribution in [2.45, 2.75) is 27.2 Å². The fourth-order valence-electron chi connectivity index (χ4n) is 3.37. The van der Waals surface area contributed by atoms with Gasteiger partial charge in [0.25, 0.3) is 5.91 Å². The van der Waals surface area contributed by atoms with Crippen LogP contribution in [0.2, 0.25) is 0 Å². The lowest BCUT2D eigenvalue weighted by Crippen LogP contribution is -2.12. The van der Waals surface area contributed by atoms with Crippen molar-refractivity contribution in [2.24, 2.45) is 5.92 Å². The molecule has 0 bridgehead atoms. The first-order chi connectivity index (χ1) is 16.4. The molecule has 1 N–H and O–H groups in total. The molecular formula is C27H27FN4O2. The lowest BCUT2D eigenvalue weighted by molar-refractivity contribution is 0.102. The number of nitrogens with zero attached hydrogens (tertiary/aromatic N) is 3. The van der Waals surface area contributed by atoms with Crippen LogP contribution in [0.15, 0.2) is 72.8 Å². The second kappa shape index (κ2) is 10.3. The van der Waals surface area contributed by atoms with Crippen LogP contribution in [-0.4, -0.2) is 27.3 Å². The summed E-state index contributed by atoms with van der Waals surface area (Å²) in [5, 5.41) is 7.35. The molecule has 1 aromatic heterocycles. The summed E-state index contributed by atoms with van der Waals surface area (Å²) in [6, 6.07) is 21.3. The number of aryl methyl sites for hydroxylation is 1. The van der Waals surface area contributed by atoms with Crippen LogP contribution in [0, 0.1) is 11.7 Å². The van der Waals surface area contributed by atoms with Gasteiger partial charge >= 0.3 is 6.01 Å². The Kier molecular flexibility index (Phi) is 7.01. The molecule has 1 amide bonds. The Hall–Kier alpha value is -4.00. The predicted molar refractivity (Wildman–Crippen MR) is 131 cm³/mol. The summed E-state index contributed by atoms with van der Waals surface area (Å²) in [6.07, 6.45) is 0.921. The lowest BCUT2D eigenvalue weighted by Gasteiger charge is -2.09. The molecule has 0 fully saturated rings. The Morgan fingerprint density at radius 3 is 2.38 bits per heavy atom. The van der Waals surface area contributed by atoms with E-state index in [-0.39, 0.29) is 11.9 Å². The number of carbonyl (C=O) groups excluding carboxylic acids is 1. The fourth-order valence-corrected chi connectivity index (χ4v) is 3.37. The molecule has 0 spiro atoms. The van der Waals surface area contributed by atoms with Gasteiger partial charge in [-0.25, -0.2) is 9.07 Å². The van der Waals surface area contributed by atoms with Crippen LogP contribution in [-0.2, 0) is 6.42 Å². The lowest BCUT2D eigenvalue weighted by atomic mass is 10.1. The molecule has 0 saturated heterocycles. The second-order valence-corrected chi connectivity index (χ2v) is 8.37. The van der Waals surface area contributed by atoms with Gasteiger partial charge in [-0.15, -0.1) is 5.10 Å². The number of ether oxygens (including phenoxy) is 1. The van der Waals surface area contributed by atoms with Gasteiger partial charge in [0.2, 0.25) is 0 Å². The van der Waals surface area contributed by atoms with E-state index in [2.05, 4.69) is 22.3 Å². The fraction of sp³-hybridized carbons (Fsp3) is 0.222. The zero-order valence-corrected chi connectivity index (χ0v) is 19.5. The van der Waals surface area contributed by atoms with Gasteiger partial charge in [0.15, 0.2) is 5.82 Å². The van der Waals surface area contributed by atoms with Crippen molar-refractivity contribution in [2.75, 3.05) is 11.9 Å². The maximum absolute atomic E-state index is 14.5. The first-order valence-electron chi connectivity index (χ1n) is 11.3. The van der Waals surface area contributed by atoms with Crippen LogP contribution in [0.5, 0.6) is 6.01 Å². The van der Waals surface area contributed by atoms with Crippen LogP contribution in [0.4, 0.5) is 10.1 Å². The third kappa shape index (κ3) is 5.31. The monoisotopic (exact) mass is 458 g/mol. The zero-order chi connectivity index (χ0) is 24.1. The molecule has 0 atom stereocenters. The highest BCUT2D eigenvalue weighted by Crippen LogP contribution is 2.26. The number of aromatic nitrogens is 3. The average Bonchev–Trinajstić information content (AvgIpc) is 3.27. The second-order valence-electron chi connectivity index (χ2n) is 8.37. The quantitative estimate of drug-likeness (QED) is 0.356. The van der Waals surface area contributed by atoms with Crippen molar-refractivity contribution in [3.8, 4) is 23.1 Å². The summed E-state index contributed by atoms with van der Waals surface area (Å²) in [6.45, 7) is 6.58. The topological polar surface area (TPSA) is 69.0 Å². The van der Waals surface area contributed by atoms with E-state index in [9.17, 15) is 9.18 Å². The maximum atomic E-state index is 14.5. The van der Waals surface area contributed by atoms with Gasteiger partial charge in [0, 0.05) is 11.3 Å². The highest BCUT2D eigenvalue weighted by Gasteiger charge is 2.18. The Balaban J connectivity index is 1.59. The summed E-state index contributed by atoms with van der Waals surface area (Å²) in [4.78, 5) is 17.0. The maximum Gasteiger partial charge on any atom is 0.336 e. The smallest absolute Gasteiger partial charge is 0.336 e. The molecule has 0 radical (unpaired) electrons. The van der Waals surface area contributed by atoms with Crippen LogP contribution in [0.1, 0.15) is 36.7 Å². The molecule has 4 rings (SSSR count). The summed E-state index contributed by atoms with van der Waals surface area (Å²) in [7, 11) is 0. The van der Waals surface area contributed by atoms with Crippen molar-refractivity contribution < 1.29 is 13.9 Å². The van der Waals surface area contributed by atoms with Crippen LogP contribution in [0.25, 0.3) is 17.1 Å². The summed E-state index contributed by atoms with van der Waals surface area (Å²) < 4.78 is 21.8. The molecule has 1 heterocycles. The Morgan fingerprint density at radius 1 is 1.03 bits per heavy atom. The molecule has 0 aliphatic rings. The number of carbonyl (C=O) groups is 1. The van der Waals surface area contributed by atoms with Crippen LogP contribution < -0.4 is 10.1 Å². The van der Waals surface area contributed by atoms with Gasteiger partial charge in [-0.1, -0.05) is 45.0 Å². The number of nitrogens with one attached hydrogen (secondary N) is 1. The molecule has 0 saturated carbocycles. The van der Waals surface area contributed by atoms with E-state index < -0.39 is 5.82 Å². The molecule has 7 heteroatoms. The molecule has 34 heavy (non-hydrogen) atoms. The van der Waals surface area contributed by atoms with Crippen molar-refractivity contribution in [1.82, 2.24) is 14.8 Å². The highest BCUT2D eigenvalue weighted by atomic mass is 19.1. The van der Waals surface area contributed by atoms with Gasteiger partial charge in [-0.05, 0) is 66.4 Å². The third-order valence-corrected chi connectivity index (χ3v) is 5.24. The van der Waals surface area contributed by atoms with Gasteiger partial charge in [-0.2, -0.15) is 4.98 Å². The number of amides is 1. The van der Waals surface area contributed by atoms with Gasteiger partial charge in [0.1, 0.15) is 5.82 Å². The molecule has 174 valence electrons. The molecule has 4 aromatic rings. The van der Waals surface area contributed by atoms with E-state index in [4.69, 9.17) is 4.74 Å². The standard InChI is InChI=1S/C27H27FN4O2/c1-4-19-9-11-20(12-10-19)26(33)29-21-13-15-22(16-14-21)32-25(23-7-5-6-8-24(23)28)30-27(31-32)34-17-18(2)3/h5-16,18H,4,17H2,1-3H3,(H,29,33). The van der Waals surface area contributed by atoms with E-state index in [1.165, 1.54) is 11.6 Å². The predicted octanol–water partition coefficient (Wildman–Crippen LogP) is 5.92. The van der Waals surface area contributed by atoms with E-state index in [0.717, 1.165) is 6.42 Å². The highest BCUT2D eigenvalue weighted by molar-refractivity contribution is 6.04. The first-order valence-corrected chi connectivity index (χ1v) is 11.3. The zero-order valence-electron chi connectivity index (χ0n) is 19.5. The first kappa shape index (κ1) is 23.2. The molecule has 3 aromatic carbocycles. The summed E-state index contributed by atoms with van der Waals surface area (Å²) in [5.41, 5.74) is 3.39. The Labute approximate surface area is 198 Å². The minimum Gasteiger partial charge on any atom is -0.462 e. The van der Waals surface area contributed by atoms with Crippen LogP contribution >= 0.6 is 0 Å². The van der Waals surface area contributed by atoms with Gasteiger partial charge in [0.05, 0.1) is 17.9 Å². The summed E-state index contributed by atoms with van der Waals surface area (Å²) in [5.74, 6) is 0.0479. The van der Waals surface area contributed by atoms with E-state index in [1.54, 1.807) is 47.1 Å². The molecule has 0 aliphatic carbocycles. The number of rotatable bonds is 8. The number of anilines is 1. The number of halogens is 1.